The molecule has 1 aliphatic rings. The van der Waals surface area contributed by atoms with E-state index in [1.807, 2.05) is 12.1 Å². The highest BCUT2D eigenvalue weighted by Gasteiger charge is 2.18. The minimum atomic E-state index is 0.749. The maximum atomic E-state index is 5.36. The molecule has 0 bridgehead atoms. The van der Waals surface area contributed by atoms with Gasteiger partial charge in [0.15, 0.2) is 11.5 Å². The molecule has 1 saturated carbocycles. The molecule has 1 aliphatic carbocycles. The van der Waals surface area contributed by atoms with Crippen LogP contribution in [0.25, 0.3) is 0 Å². The van der Waals surface area contributed by atoms with E-state index in [1.54, 1.807) is 14.2 Å². The Kier molecular flexibility index (Phi) is 6.99. The lowest BCUT2D eigenvalue weighted by Gasteiger charge is -2.24. The first-order valence-corrected chi connectivity index (χ1v) is 8.76. The van der Waals surface area contributed by atoms with E-state index in [-0.39, 0.29) is 0 Å². The van der Waals surface area contributed by atoms with Crippen molar-refractivity contribution >= 4 is 15.9 Å². The predicted octanol–water partition coefficient (Wildman–Crippen LogP) is 3.43. The van der Waals surface area contributed by atoms with E-state index in [2.05, 4.69) is 33.2 Å². The Labute approximate surface area is 142 Å². The molecule has 0 aromatic heterocycles. The van der Waals surface area contributed by atoms with E-state index >= 15 is 0 Å². The van der Waals surface area contributed by atoms with Crippen molar-refractivity contribution in [2.75, 3.05) is 34.4 Å². The molecule has 0 unspecified atom stereocenters. The second-order valence-corrected chi connectivity index (χ2v) is 6.75. The van der Waals surface area contributed by atoms with Crippen molar-refractivity contribution in [3.05, 3.63) is 22.2 Å². The topological polar surface area (TPSA) is 33.7 Å². The lowest BCUT2D eigenvalue weighted by molar-refractivity contribution is 0.245. The molecule has 124 valence electrons. The molecule has 0 spiro atoms. The predicted molar refractivity (Wildman–Crippen MR) is 93.8 cm³/mol. The number of benzene rings is 1. The molecule has 22 heavy (non-hydrogen) atoms. The number of ether oxygens (including phenoxy) is 2. The average Bonchev–Trinajstić information content (AvgIpc) is 3.06. The zero-order valence-corrected chi connectivity index (χ0v) is 15.4. The van der Waals surface area contributed by atoms with Crippen molar-refractivity contribution in [2.45, 2.75) is 38.3 Å². The monoisotopic (exact) mass is 370 g/mol. The van der Waals surface area contributed by atoms with Crippen molar-refractivity contribution in [2.24, 2.45) is 0 Å². The van der Waals surface area contributed by atoms with Crippen LogP contribution in [0.5, 0.6) is 11.5 Å². The van der Waals surface area contributed by atoms with Crippen molar-refractivity contribution in [1.82, 2.24) is 10.2 Å². The summed E-state index contributed by atoms with van der Waals surface area (Å²) >= 11 is 3.60. The first-order valence-electron chi connectivity index (χ1n) is 7.97. The second-order valence-electron chi connectivity index (χ2n) is 5.89. The van der Waals surface area contributed by atoms with E-state index in [0.717, 1.165) is 41.6 Å². The smallest absolute Gasteiger partial charge is 0.161 e. The quantitative estimate of drug-likeness (QED) is 0.710. The van der Waals surface area contributed by atoms with Gasteiger partial charge in [-0.05, 0) is 37.6 Å². The normalized spacial score (nSPS) is 15.5. The molecule has 0 amide bonds. The van der Waals surface area contributed by atoms with Gasteiger partial charge in [0.05, 0.1) is 14.2 Å². The third-order valence-electron chi connectivity index (χ3n) is 4.46. The highest BCUT2D eigenvalue weighted by Crippen LogP contribution is 2.33. The van der Waals surface area contributed by atoms with Gasteiger partial charge < -0.3 is 19.7 Å². The summed E-state index contributed by atoms with van der Waals surface area (Å²) in [4.78, 5) is 2.49. The molecule has 1 N–H and O–H groups in total. The number of hydrogen-bond acceptors (Lipinski definition) is 4. The van der Waals surface area contributed by atoms with E-state index < -0.39 is 0 Å². The molecule has 0 radical (unpaired) electrons. The van der Waals surface area contributed by atoms with Crippen LogP contribution in [0.3, 0.4) is 0 Å². The molecule has 4 nitrogen and oxygen atoms in total. The van der Waals surface area contributed by atoms with Crippen LogP contribution in [-0.4, -0.2) is 45.3 Å². The Morgan fingerprint density at radius 2 is 1.82 bits per heavy atom. The van der Waals surface area contributed by atoms with Gasteiger partial charge in [-0.1, -0.05) is 28.8 Å². The molecular formula is C17H27BrN2O2. The summed E-state index contributed by atoms with van der Waals surface area (Å²) in [7, 11) is 5.56. The lowest BCUT2D eigenvalue weighted by Crippen LogP contribution is -2.35. The first kappa shape index (κ1) is 17.6. The Balaban J connectivity index is 1.81. The molecule has 0 heterocycles. The SMILES string of the molecule is COc1cc(Br)c(CNCCN(C)C2CCCC2)cc1OC. The number of methoxy groups -OCH3 is 2. The summed E-state index contributed by atoms with van der Waals surface area (Å²) in [6, 6.07) is 4.77. The van der Waals surface area contributed by atoms with Crippen LogP contribution in [0.1, 0.15) is 31.2 Å². The van der Waals surface area contributed by atoms with Crippen molar-refractivity contribution < 1.29 is 9.47 Å². The third-order valence-corrected chi connectivity index (χ3v) is 5.20. The summed E-state index contributed by atoms with van der Waals surface area (Å²) in [5, 5.41) is 3.52. The Bertz CT molecular complexity index is 476. The van der Waals surface area contributed by atoms with Crippen LogP contribution >= 0.6 is 15.9 Å². The third kappa shape index (κ3) is 4.61. The van der Waals surface area contributed by atoms with Crippen molar-refractivity contribution in [1.29, 1.82) is 0 Å². The minimum absolute atomic E-state index is 0.749. The van der Waals surface area contributed by atoms with Gasteiger partial charge in [0, 0.05) is 30.1 Å². The summed E-state index contributed by atoms with van der Waals surface area (Å²) in [5.74, 6) is 1.52. The zero-order chi connectivity index (χ0) is 15.9. The average molecular weight is 371 g/mol. The van der Waals surface area contributed by atoms with Gasteiger partial charge in [0.2, 0.25) is 0 Å². The highest BCUT2D eigenvalue weighted by molar-refractivity contribution is 9.10. The summed E-state index contributed by atoms with van der Waals surface area (Å²) in [6.45, 7) is 2.91. The van der Waals surface area contributed by atoms with Gasteiger partial charge in [0.1, 0.15) is 0 Å². The van der Waals surface area contributed by atoms with E-state index in [1.165, 1.54) is 31.2 Å². The van der Waals surface area contributed by atoms with Crippen LogP contribution in [0.15, 0.2) is 16.6 Å². The van der Waals surface area contributed by atoms with Crippen LogP contribution in [0.2, 0.25) is 0 Å². The maximum absolute atomic E-state index is 5.36. The summed E-state index contributed by atoms with van der Waals surface area (Å²) in [5.41, 5.74) is 1.18. The van der Waals surface area contributed by atoms with Crippen molar-refractivity contribution in [3.63, 3.8) is 0 Å². The van der Waals surface area contributed by atoms with Gasteiger partial charge in [-0.15, -0.1) is 0 Å². The highest BCUT2D eigenvalue weighted by atomic mass is 79.9. The largest absolute Gasteiger partial charge is 0.493 e. The van der Waals surface area contributed by atoms with Gasteiger partial charge in [-0.25, -0.2) is 0 Å². The number of rotatable bonds is 8. The van der Waals surface area contributed by atoms with Crippen LogP contribution in [0, 0.1) is 0 Å². The van der Waals surface area contributed by atoms with Gasteiger partial charge in [-0.3, -0.25) is 0 Å². The minimum Gasteiger partial charge on any atom is -0.493 e. The molecule has 1 aromatic carbocycles. The Morgan fingerprint density at radius 3 is 2.45 bits per heavy atom. The standard InChI is InChI=1S/C17H27BrN2O2/c1-20(14-6-4-5-7-14)9-8-19-12-13-10-16(21-2)17(22-3)11-15(13)18/h10-11,14,19H,4-9,12H2,1-3H3. The van der Waals surface area contributed by atoms with E-state index in [0.29, 0.717) is 0 Å². The number of nitrogens with zero attached hydrogens (tertiary/aromatic N) is 1. The first-order chi connectivity index (χ1) is 10.7. The van der Waals surface area contributed by atoms with E-state index in [4.69, 9.17) is 9.47 Å². The summed E-state index contributed by atoms with van der Waals surface area (Å²) < 4.78 is 11.7. The van der Waals surface area contributed by atoms with Gasteiger partial charge in [-0.2, -0.15) is 0 Å². The molecule has 1 aromatic rings. The Hall–Kier alpha value is -0.780. The molecule has 2 rings (SSSR count). The number of hydrogen-bond donors (Lipinski definition) is 1. The lowest BCUT2D eigenvalue weighted by atomic mass is 10.2. The maximum Gasteiger partial charge on any atom is 0.161 e. The zero-order valence-electron chi connectivity index (χ0n) is 13.8. The van der Waals surface area contributed by atoms with E-state index in [9.17, 15) is 0 Å². The molecule has 5 heteroatoms. The fourth-order valence-corrected chi connectivity index (χ4v) is 3.50. The van der Waals surface area contributed by atoms with Crippen molar-refractivity contribution in [3.8, 4) is 11.5 Å². The molecule has 0 saturated heterocycles. The van der Waals surface area contributed by atoms with Crippen LogP contribution < -0.4 is 14.8 Å². The Morgan fingerprint density at radius 1 is 1.18 bits per heavy atom. The van der Waals surface area contributed by atoms with Crippen LogP contribution in [0.4, 0.5) is 0 Å². The van der Waals surface area contributed by atoms with Crippen LogP contribution in [-0.2, 0) is 6.54 Å². The summed E-state index contributed by atoms with van der Waals surface area (Å²) in [6.07, 6.45) is 5.50. The fraction of sp³-hybridized carbons (Fsp3) is 0.647. The fourth-order valence-electron chi connectivity index (χ4n) is 3.04. The van der Waals surface area contributed by atoms with Gasteiger partial charge in [0.25, 0.3) is 0 Å². The number of nitrogens with one attached hydrogen (secondary N) is 1. The van der Waals surface area contributed by atoms with Gasteiger partial charge >= 0.3 is 0 Å². The second kappa shape index (κ2) is 8.75. The molecule has 1 fully saturated rings. The molecular weight excluding hydrogens is 344 g/mol. The molecule has 0 atom stereocenters. The number of likely N-dealkylation sites (N-methyl/N-ethyl adjacent to an activating group) is 1. The molecule has 0 aliphatic heterocycles. The number of halogens is 1.